The molecule has 1 atom stereocenters. The van der Waals surface area contributed by atoms with Crippen LogP contribution in [0.5, 0.6) is 0 Å². The van der Waals surface area contributed by atoms with Crippen molar-refractivity contribution in [3.8, 4) is 0 Å². The van der Waals surface area contributed by atoms with E-state index in [0.717, 1.165) is 33.5 Å². The Morgan fingerprint density at radius 1 is 1.04 bits per heavy atom. The Kier molecular flexibility index (Phi) is 4.00. The lowest BCUT2D eigenvalue weighted by Crippen LogP contribution is -2.24. The van der Waals surface area contributed by atoms with Gasteiger partial charge in [0, 0.05) is 23.2 Å². The Balaban J connectivity index is 1.97. The normalized spacial score (nSPS) is 16.8. The molecule has 0 amide bonds. The van der Waals surface area contributed by atoms with E-state index in [1.165, 1.54) is 4.88 Å². The largest absolute Gasteiger partial charge is 0.374 e. The van der Waals surface area contributed by atoms with Crippen LogP contribution in [0, 0.1) is 6.92 Å². The van der Waals surface area contributed by atoms with E-state index in [1.807, 2.05) is 26.1 Å². The van der Waals surface area contributed by atoms with Crippen molar-refractivity contribution in [1.29, 1.82) is 0 Å². The molecule has 0 aliphatic carbocycles. The predicted octanol–water partition coefficient (Wildman–Crippen LogP) is 4.35. The number of nitrogens with one attached hydrogen (secondary N) is 1. The highest BCUT2D eigenvalue weighted by Crippen LogP contribution is 2.33. The molecule has 3 aromatic rings. The van der Waals surface area contributed by atoms with Gasteiger partial charge in [-0.25, -0.2) is 9.98 Å². The number of pyridine rings is 1. The molecule has 4 heterocycles. The summed E-state index contributed by atoms with van der Waals surface area (Å²) in [6.07, 6.45) is 0. The zero-order chi connectivity index (χ0) is 16.5. The van der Waals surface area contributed by atoms with Crippen LogP contribution in [-0.2, 0) is 0 Å². The van der Waals surface area contributed by atoms with E-state index >= 15 is 0 Å². The molecule has 1 unspecified atom stereocenters. The topological polar surface area (TPSA) is 49.6 Å². The molecule has 0 bridgehead atoms. The van der Waals surface area contributed by atoms with Crippen molar-refractivity contribution in [3.63, 3.8) is 0 Å². The Morgan fingerprint density at radius 3 is 2.58 bits per heavy atom. The van der Waals surface area contributed by atoms with Crippen molar-refractivity contribution < 1.29 is 0 Å². The number of hydrogen-bond donors (Lipinski definition) is 1. The van der Waals surface area contributed by atoms with Gasteiger partial charge in [0.1, 0.15) is 11.9 Å². The molecular weight excluding hydrogens is 336 g/mol. The molecule has 4 nitrogen and oxygen atoms in total. The van der Waals surface area contributed by atoms with Gasteiger partial charge in [-0.15, -0.1) is 22.7 Å². The third kappa shape index (κ3) is 2.68. The van der Waals surface area contributed by atoms with Crippen LogP contribution in [0.25, 0.3) is 0 Å². The third-order valence-electron chi connectivity index (χ3n) is 3.84. The Labute approximate surface area is 148 Å². The third-order valence-corrected chi connectivity index (χ3v) is 5.64. The number of nitrogens with zero attached hydrogens (tertiary/aromatic N) is 3. The SMILES string of the molecule is CNC1=Nc2nc(C)ccc2C(c2cccs2)=NC1c1cccs1. The van der Waals surface area contributed by atoms with E-state index in [4.69, 9.17) is 9.98 Å². The minimum atomic E-state index is -0.137. The summed E-state index contributed by atoms with van der Waals surface area (Å²) in [6.45, 7) is 1.98. The van der Waals surface area contributed by atoms with Crippen LogP contribution >= 0.6 is 22.7 Å². The zero-order valence-electron chi connectivity index (χ0n) is 13.4. The van der Waals surface area contributed by atoms with Gasteiger partial charge in [0.25, 0.3) is 0 Å². The molecule has 0 spiro atoms. The average Bonchev–Trinajstić information content (AvgIpc) is 3.27. The fourth-order valence-corrected chi connectivity index (χ4v) is 4.20. The first-order valence-corrected chi connectivity index (χ1v) is 9.41. The zero-order valence-corrected chi connectivity index (χ0v) is 15.0. The first kappa shape index (κ1) is 15.2. The highest BCUT2D eigenvalue weighted by molar-refractivity contribution is 7.12. The fourth-order valence-electron chi connectivity index (χ4n) is 2.70. The minimum absolute atomic E-state index is 0.137. The van der Waals surface area contributed by atoms with Gasteiger partial charge in [-0.1, -0.05) is 12.1 Å². The summed E-state index contributed by atoms with van der Waals surface area (Å²) in [5.74, 6) is 1.55. The average molecular weight is 352 g/mol. The molecule has 24 heavy (non-hydrogen) atoms. The molecule has 0 fully saturated rings. The second-order valence-electron chi connectivity index (χ2n) is 5.44. The van der Waals surface area contributed by atoms with E-state index in [-0.39, 0.29) is 6.04 Å². The summed E-state index contributed by atoms with van der Waals surface area (Å²) < 4.78 is 0. The van der Waals surface area contributed by atoms with Crippen molar-refractivity contribution >= 4 is 40.0 Å². The van der Waals surface area contributed by atoms with Crippen molar-refractivity contribution in [2.75, 3.05) is 7.05 Å². The quantitative estimate of drug-likeness (QED) is 0.745. The summed E-state index contributed by atoms with van der Waals surface area (Å²) >= 11 is 3.38. The smallest absolute Gasteiger partial charge is 0.163 e. The number of rotatable bonds is 2. The van der Waals surface area contributed by atoms with Crippen molar-refractivity contribution in [2.45, 2.75) is 13.0 Å². The maximum Gasteiger partial charge on any atom is 0.163 e. The van der Waals surface area contributed by atoms with E-state index in [1.54, 1.807) is 22.7 Å². The Bertz CT molecular complexity index is 909. The second kappa shape index (κ2) is 6.30. The first-order valence-electron chi connectivity index (χ1n) is 7.65. The van der Waals surface area contributed by atoms with Crippen LogP contribution in [-0.4, -0.2) is 23.6 Å². The molecular formula is C18H16N4S2. The number of fused-ring (bicyclic) bond motifs is 1. The van der Waals surface area contributed by atoms with Gasteiger partial charge >= 0.3 is 0 Å². The molecule has 1 N–H and O–H groups in total. The molecule has 1 aliphatic heterocycles. The van der Waals surface area contributed by atoms with E-state index in [9.17, 15) is 0 Å². The summed E-state index contributed by atoms with van der Waals surface area (Å²) in [6, 6.07) is 12.3. The number of likely N-dealkylation sites (N-methyl/N-ethyl adjacent to an activating group) is 1. The minimum Gasteiger partial charge on any atom is -0.374 e. The standard InChI is InChI=1S/C18H16N4S2/c1-11-7-8-12-15(13-5-3-9-23-13)21-16(14-6-4-10-24-14)18(19-2)22-17(12)20-11/h3-10,16H,1-2H3,(H,19,20,22). The van der Waals surface area contributed by atoms with E-state index < -0.39 is 0 Å². The predicted molar refractivity (Wildman–Crippen MR) is 102 cm³/mol. The van der Waals surface area contributed by atoms with Crippen LogP contribution in [0.15, 0.2) is 57.1 Å². The second-order valence-corrected chi connectivity index (χ2v) is 7.37. The molecule has 0 aromatic carbocycles. The number of aryl methyl sites for hydroxylation is 1. The summed E-state index contributed by atoms with van der Waals surface area (Å²) in [5.41, 5.74) is 2.89. The molecule has 120 valence electrons. The number of amidine groups is 1. The lowest BCUT2D eigenvalue weighted by Gasteiger charge is -2.13. The number of hydrogen-bond acceptors (Lipinski definition) is 6. The van der Waals surface area contributed by atoms with Crippen LogP contribution in [0.1, 0.15) is 27.1 Å². The van der Waals surface area contributed by atoms with Crippen molar-refractivity contribution in [1.82, 2.24) is 10.3 Å². The highest BCUT2D eigenvalue weighted by atomic mass is 32.1. The van der Waals surface area contributed by atoms with Gasteiger partial charge in [0.2, 0.25) is 0 Å². The summed E-state index contributed by atoms with van der Waals surface area (Å²) in [4.78, 5) is 16.8. The lowest BCUT2D eigenvalue weighted by atomic mass is 10.1. The number of aliphatic imine (C=N–C) groups is 2. The van der Waals surface area contributed by atoms with Crippen LogP contribution in [0.3, 0.4) is 0 Å². The fraction of sp³-hybridized carbons (Fsp3) is 0.167. The highest BCUT2D eigenvalue weighted by Gasteiger charge is 2.25. The van der Waals surface area contributed by atoms with Crippen LogP contribution in [0.4, 0.5) is 5.82 Å². The molecule has 0 saturated heterocycles. The first-order chi connectivity index (χ1) is 11.8. The molecule has 0 radical (unpaired) electrons. The van der Waals surface area contributed by atoms with Gasteiger partial charge in [-0.3, -0.25) is 4.99 Å². The number of aromatic nitrogens is 1. The van der Waals surface area contributed by atoms with Crippen molar-refractivity contribution in [2.24, 2.45) is 9.98 Å². The monoisotopic (exact) mass is 352 g/mol. The van der Waals surface area contributed by atoms with Gasteiger partial charge in [0.05, 0.1) is 10.6 Å². The summed E-state index contributed by atoms with van der Waals surface area (Å²) in [7, 11) is 1.89. The maximum absolute atomic E-state index is 5.09. The molecule has 3 aromatic heterocycles. The van der Waals surface area contributed by atoms with Crippen LogP contribution < -0.4 is 5.32 Å². The molecule has 4 rings (SSSR count). The maximum atomic E-state index is 5.09. The van der Waals surface area contributed by atoms with E-state index in [2.05, 4.69) is 45.3 Å². The lowest BCUT2D eigenvalue weighted by molar-refractivity contribution is 0.928. The Hall–Kier alpha value is -2.31. The van der Waals surface area contributed by atoms with Crippen molar-refractivity contribution in [3.05, 3.63) is 68.2 Å². The van der Waals surface area contributed by atoms with Gasteiger partial charge in [0.15, 0.2) is 5.82 Å². The van der Waals surface area contributed by atoms with E-state index in [0.29, 0.717) is 0 Å². The molecule has 6 heteroatoms. The van der Waals surface area contributed by atoms with Gasteiger partial charge in [-0.05, 0) is 41.9 Å². The van der Waals surface area contributed by atoms with Gasteiger partial charge in [-0.2, -0.15) is 0 Å². The molecule has 0 saturated carbocycles. The van der Waals surface area contributed by atoms with Gasteiger partial charge < -0.3 is 5.32 Å². The van der Waals surface area contributed by atoms with Crippen LogP contribution in [0.2, 0.25) is 0 Å². The Morgan fingerprint density at radius 2 is 1.88 bits per heavy atom. The number of thiophene rings is 2. The summed E-state index contributed by atoms with van der Waals surface area (Å²) in [5, 5.41) is 7.37. The molecule has 1 aliphatic rings.